The lowest BCUT2D eigenvalue weighted by molar-refractivity contribution is -0.275. The zero-order chi connectivity index (χ0) is 23.2. The van der Waals surface area contributed by atoms with Gasteiger partial charge in [-0.1, -0.05) is 84.1 Å². The first-order valence-electron chi connectivity index (χ1n) is 12.7. The van der Waals surface area contributed by atoms with Crippen LogP contribution in [0.5, 0.6) is 5.75 Å². The first kappa shape index (κ1) is 25.4. The summed E-state index contributed by atoms with van der Waals surface area (Å²) in [6.45, 7) is 4.58. The van der Waals surface area contributed by atoms with E-state index in [1.165, 1.54) is 57.4 Å². The second-order valence-corrected chi connectivity index (χ2v) is 10.8. The summed E-state index contributed by atoms with van der Waals surface area (Å²) in [4.78, 5) is 0. The maximum absolute atomic E-state index is 14.5. The first-order valence-corrected chi connectivity index (χ1v) is 12.7. The van der Waals surface area contributed by atoms with Crippen LogP contribution in [-0.2, 0) is 5.41 Å². The second-order valence-electron chi connectivity index (χ2n) is 10.8. The summed E-state index contributed by atoms with van der Waals surface area (Å²) in [5.74, 6) is 0.753. The van der Waals surface area contributed by atoms with Crippen molar-refractivity contribution in [3.8, 4) is 5.75 Å². The highest BCUT2D eigenvalue weighted by molar-refractivity contribution is 5.34. The molecule has 0 atom stereocenters. The molecule has 0 radical (unpaired) electrons. The van der Waals surface area contributed by atoms with E-state index in [-0.39, 0.29) is 5.41 Å². The SMILES string of the molecule is CC(C)CCCC1CCC(CCC2(c3ccc(OC(F)(F)F)c(F)c3)CCCCC2)CC1. The Labute approximate surface area is 191 Å². The molecular weight excluding hydrogens is 416 g/mol. The van der Waals surface area contributed by atoms with E-state index in [1.54, 1.807) is 6.07 Å². The van der Waals surface area contributed by atoms with E-state index in [4.69, 9.17) is 0 Å². The first-order chi connectivity index (χ1) is 15.2. The quantitative estimate of drug-likeness (QED) is 0.336. The van der Waals surface area contributed by atoms with Crippen molar-refractivity contribution in [1.29, 1.82) is 0 Å². The van der Waals surface area contributed by atoms with Crippen molar-refractivity contribution in [2.45, 2.75) is 116 Å². The van der Waals surface area contributed by atoms with Crippen LogP contribution in [0.2, 0.25) is 0 Å². The minimum atomic E-state index is -4.88. The third-order valence-electron chi connectivity index (χ3n) is 7.97. The molecule has 1 aromatic rings. The second kappa shape index (κ2) is 11.2. The topological polar surface area (TPSA) is 9.23 Å². The molecule has 0 unspecified atom stereocenters. The van der Waals surface area contributed by atoms with Crippen molar-refractivity contribution < 1.29 is 22.3 Å². The molecule has 2 saturated carbocycles. The van der Waals surface area contributed by atoms with Gasteiger partial charge >= 0.3 is 6.36 Å². The summed E-state index contributed by atoms with van der Waals surface area (Å²) in [7, 11) is 0. The van der Waals surface area contributed by atoms with Crippen molar-refractivity contribution in [3.05, 3.63) is 29.6 Å². The number of ether oxygens (including phenoxy) is 1. The zero-order valence-corrected chi connectivity index (χ0v) is 19.8. The molecule has 2 fully saturated rings. The standard InChI is InChI=1S/C27H40F4O/c1-20(2)7-6-8-21-9-11-22(12-10-21)15-18-26(16-4-3-5-17-26)23-13-14-25(24(28)19-23)32-27(29,30)31/h13-14,19-22H,3-12,15-18H2,1-2H3. The Bertz CT molecular complexity index is 698. The van der Waals surface area contributed by atoms with Crippen molar-refractivity contribution >= 4 is 0 Å². The van der Waals surface area contributed by atoms with Crippen LogP contribution in [0.25, 0.3) is 0 Å². The van der Waals surface area contributed by atoms with Crippen molar-refractivity contribution in [3.63, 3.8) is 0 Å². The highest BCUT2D eigenvalue weighted by atomic mass is 19.4. The minimum absolute atomic E-state index is 0.107. The monoisotopic (exact) mass is 456 g/mol. The largest absolute Gasteiger partial charge is 0.573 e. The van der Waals surface area contributed by atoms with Crippen molar-refractivity contribution in [1.82, 2.24) is 0 Å². The molecule has 2 aliphatic rings. The van der Waals surface area contributed by atoms with Gasteiger partial charge < -0.3 is 4.74 Å². The lowest BCUT2D eigenvalue weighted by atomic mass is 9.65. The highest BCUT2D eigenvalue weighted by Crippen LogP contribution is 2.46. The predicted octanol–water partition coefficient (Wildman–Crippen LogP) is 9.34. The van der Waals surface area contributed by atoms with E-state index >= 15 is 0 Å². The predicted molar refractivity (Wildman–Crippen MR) is 121 cm³/mol. The Morgan fingerprint density at radius 3 is 2.16 bits per heavy atom. The fraction of sp³-hybridized carbons (Fsp3) is 0.778. The average Bonchev–Trinajstić information content (AvgIpc) is 2.74. The normalized spacial score (nSPS) is 24.0. The number of halogens is 4. The molecule has 0 aliphatic heterocycles. The molecule has 32 heavy (non-hydrogen) atoms. The summed E-state index contributed by atoms with van der Waals surface area (Å²) in [5, 5.41) is 0. The summed E-state index contributed by atoms with van der Waals surface area (Å²) in [5.41, 5.74) is 0.746. The van der Waals surface area contributed by atoms with Crippen LogP contribution in [0, 0.1) is 23.6 Å². The Morgan fingerprint density at radius 2 is 1.59 bits per heavy atom. The highest BCUT2D eigenvalue weighted by Gasteiger charge is 2.37. The fourth-order valence-electron chi connectivity index (χ4n) is 6.05. The molecule has 0 heterocycles. The molecule has 1 aromatic carbocycles. The van der Waals surface area contributed by atoms with Crippen LogP contribution >= 0.6 is 0 Å². The summed E-state index contributed by atoms with van der Waals surface area (Å²) >= 11 is 0. The third kappa shape index (κ3) is 7.38. The molecule has 1 nitrogen and oxygen atoms in total. The molecule has 3 rings (SSSR count). The Hall–Kier alpha value is -1.26. The van der Waals surface area contributed by atoms with Crippen molar-refractivity contribution in [2.75, 3.05) is 0 Å². The van der Waals surface area contributed by atoms with Gasteiger partial charge in [0.1, 0.15) is 0 Å². The van der Waals surface area contributed by atoms with Gasteiger partial charge in [0.2, 0.25) is 0 Å². The van der Waals surface area contributed by atoms with E-state index in [9.17, 15) is 17.6 Å². The third-order valence-corrected chi connectivity index (χ3v) is 7.97. The van der Waals surface area contributed by atoms with Gasteiger partial charge in [-0.3, -0.25) is 0 Å². The van der Waals surface area contributed by atoms with Gasteiger partial charge in [0.05, 0.1) is 0 Å². The van der Waals surface area contributed by atoms with E-state index in [0.29, 0.717) is 0 Å². The molecule has 2 aliphatic carbocycles. The Morgan fingerprint density at radius 1 is 0.969 bits per heavy atom. The molecule has 0 saturated heterocycles. The van der Waals surface area contributed by atoms with Gasteiger partial charge in [-0.2, -0.15) is 0 Å². The Balaban J connectivity index is 1.58. The fourth-order valence-corrected chi connectivity index (χ4v) is 6.05. The number of benzene rings is 1. The molecule has 0 aromatic heterocycles. The molecule has 182 valence electrons. The maximum atomic E-state index is 14.5. The maximum Gasteiger partial charge on any atom is 0.573 e. The number of hydrogen-bond acceptors (Lipinski definition) is 1. The summed E-state index contributed by atoms with van der Waals surface area (Å²) < 4.78 is 55.9. The average molecular weight is 457 g/mol. The molecule has 0 amide bonds. The van der Waals surface area contributed by atoms with Crippen LogP contribution in [0.3, 0.4) is 0 Å². The smallest absolute Gasteiger partial charge is 0.403 e. The summed E-state index contributed by atoms with van der Waals surface area (Å²) in [6.07, 6.45) is 11.9. The van der Waals surface area contributed by atoms with Gasteiger partial charge in [0.25, 0.3) is 0 Å². The van der Waals surface area contributed by atoms with Crippen LogP contribution in [0.4, 0.5) is 17.6 Å². The summed E-state index contributed by atoms with van der Waals surface area (Å²) in [6, 6.07) is 4.13. The van der Waals surface area contributed by atoms with Gasteiger partial charge in [-0.05, 0) is 66.5 Å². The van der Waals surface area contributed by atoms with Crippen LogP contribution < -0.4 is 4.74 Å². The van der Waals surface area contributed by atoms with Gasteiger partial charge in [0.15, 0.2) is 11.6 Å². The Kier molecular flexibility index (Phi) is 8.91. The van der Waals surface area contributed by atoms with Crippen molar-refractivity contribution in [2.24, 2.45) is 17.8 Å². The van der Waals surface area contributed by atoms with Gasteiger partial charge in [-0.25, -0.2) is 4.39 Å². The van der Waals surface area contributed by atoms with Crippen LogP contribution in [0.1, 0.15) is 109 Å². The lowest BCUT2D eigenvalue weighted by Gasteiger charge is -2.40. The van der Waals surface area contributed by atoms with E-state index < -0.39 is 17.9 Å². The minimum Gasteiger partial charge on any atom is -0.403 e. The molecule has 0 spiro atoms. The van der Waals surface area contributed by atoms with Gasteiger partial charge in [-0.15, -0.1) is 13.2 Å². The van der Waals surface area contributed by atoms with E-state index in [2.05, 4.69) is 18.6 Å². The molecular formula is C27H40F4O. The van der Waals surface area contributed by atoms with Crippen LogP contribution in [0.15, 0.2) is 18.2 Å². The van der Waals surface area contributed by atoms with E-state index in [0.717, 1.165) is 67.9 Å². The molecule has 0 bridgehead atoms. The van der Waals surface area contributed by atoms with Gasteiger partial charge in [0, 0.05) is 0 Å². The van der Waals surface area contributed by atoms with E-state index in [1.807, 2.05) is 0 Å². The molecule has 5 heteroatoms. The number of hydrogen-bond donors (Lipinski definition) is 0. The van der Waals surface area contributed by atoms with Crippen LogP contribution in [-0.4, -0.2) is 6.36 Å². The number of alkyl halides is 3. The number of rotatable bonds is 9. The lowest BCUT2D eigenvalue weighted by Crippen LogP contribution is -2.30. The zero-order valence-electron chi connectivity index (χ0n) is 19.8. The molecule has 0 N–H and O–H groups in total.